The first kappa shape index (κ1) is 21.8. The molecule has 1 fully saturated rings. The Morgan fingerprint density at radius 2 is 2.03 bits per heavy atom. The van der Waals surface area contributed by atoms with Crippen molar-refractivity contribution < 1.29 is 9.22 Å². The fourth-order valence-electron chi connectivity index (χ4n) is 4.00. The Kier molecular flexibility index (Phi) is 6.25. The van der Waals surface area contributed by atoms with Gasteiger partial charge in [0.1, 0.15) is 17.8 Å². The molecular weight excluding hydrogens is 467 g/mol. The quantitative estimate of drug-likeness (QED) is 0.518. The number of para-hydroxylation sites is 1. The summed E-state index contributed by atoms with van der Waals surface area (Å²) in [4.78, 5) is 15.8. The molecule has 5 rings (SSSR count). The van der Waals surface area contributed by atoms with Gasteiger partial charge >= 0.3 is 0 Å². The van der Waals surface area contributed by atoms with Crippen LogP contribution in [0.2, 0.25) is 5.02 Å². The van der Waals surface area contributed by atoms with Gasteiger partial charge in [0.2, 0.25) is 12.2 Å². The van der Waals surface area contributed by atoms with Crippen LogP contribution in [0.4, 0.5) is 10.4 Å². The third-order valence-electron chi connectivity index (χ3n) is 5.62. The number of ether oxygens (including phenoxy) is 1. The van der Waals surface area contributed by atoms with Crippen LogP contribution in [0.15, 0.2) is 53.2 Å². The fraction of sp³-hybridized carbons (Fsp3) is 0.333. The van der Waals surface area contributed by atoms with Crippen LogP contribution >= 0.6 is 22.9 Å². The first-order valence-electron chi connectivity index (χ1n) is 10.5. The number of thiazole rings is 1. The lowest BCUT2D eigenvalue weighted by molar-refractivity contribution is -0.0998. The van der Waals surface area contributed by atoms with Crippen molar-refractivity contribution in [1.82, 2.24) is 30.8 Å². The minimum absolute atomic E-state index is 0.130. The molecule has 4 heterocycles. The molecule has 3 unspecified atom stereocenters. The predicted octanol–water partition coefficient (Wildman–Crippen LogP) is 4.16. The summed E-state index contributed by atoms with van der Waals surface area (Å²) in [5.74, 6) is 1.98. The Morgan fingerprint density at radius 1 is 1.24 bits per heavy atom. The molecule has 12 heteroatoms. The van der Waals surface area contributed by atoms with Gasteiger partial charge in [-0.2, -0.15) is 0 Å². The number of hydrogen-bond donors (Lipinski definition) is 1. The number of rotatable bonds is 6. The van der Waals surface area contributed by atoms with Crippen molar-refractivity contribution in [2.45, 2.75) is 25.5 Å². The second kappa shape index (κ2) is 9.46. The number of nitrogens with zero attached hydrogens (tertiary/aromatic N) is 7. The highest BCUT2D eigenvalue weighted by Gasteiger charge is 2.33. The van der Waals surface area contributed by atoms with E-state index in [-0.39, 0.29) is 5.34 Å². The van der Waals surface area contributed by atoms with Crippen molar-refractivity contribution in [3.63, 3.8) is 0 Å². The normalized spacial score (nSPS) is 21.5. The van der Waals surface area contributed by atoms with Crippen LogP contribution in [0.25, 0.3) is 0 Å². The molecule has 1 N–H and O–H groups in total. The number of aromatic nitrogens is 3. The molecule has 3 aromatic rings. The van der Waals surface area contributed by atoms with Crippen LogP contribution in [0.5, 0.6) is 5.75 Å². The van der Waals surface area contributed by atoms with Crippen molar-refractivity contribution >= 4 is 35.2 Å². The van der Waals surface area contributed by atoms with Gasteiger partial charge in [0.15, 0.2) is 0 Å². The summed E-state index contributed by atoms with van der Waals surface area (Å²) >= 11 is 7.51. The number of hydrogen-bond acceptors (Lipinski definition) is 10. The molecule has 0 aliphatic carbocycles. The summed E-state index contributed by atoms with van der Waals surface area (Å²) in [6.45, 7) is 3.86. The van der Waals surface area contributed by atoms with Gasteiger partial charge in [0, 0.05) is 24.4 Å². The number of hydrazine groups is 2. The van der Waals surface area contributed by atoms with Crippen LogP contribution in [-0.2, 0) is 0 Å². The smallest absolute Gasteiger partial charge is 0.232 e. The largest absolute Gasteiger partial charge is 0.463 e. The lowest BCUT2D eigenvalue weighted by atomic mass is 9.87. The average Bonchev–Trinajstić information content (AvgIpc) is 3.48. The van der Waals surface area contributed by atoms with E-state index in [2.05, 4.69) is 32.4 Å². The molecule has 0 radical (unpaired) electrons. The number of nitrogens with one attached hydrogen (secondary N) is 1. The van der Waals surface area contributed by atoms with Gasteiger partial charge in [0.05, 0.1) is 22.4 Å². The van der Waals surface area contributed by atoms with Crippen LogP contribution < -0.4 is 15.2 Å². The summed E-state index contributed by atoms with van der Waals surface area (Å²) < 4.78 is 19.7. The molecule has 1 aromatic carbocycles. The lowest BCUT2D eigenvalue weighted by Crippen LogP contribution is -2.42. The molecule has 1 saturated heterocycles. The SMILES string of the molecule is CC1CN(c2ncc(Cl)cn2)CCC1c1nc(C(Oc2ccccc2)N2C=NN(F)N2)cs1. The van der Waals surface area contributed by atoms with Gasteiger partial charge in [-0.05, 0) is 29.8 Å². The van der Waals surface area contributed by atoms with Crippen LogP contribution in [0, 0.1) is 5.92 Å². The third kappa shape index (κ3) is 4.85. The van der Waals surface area contributed by atoms with Crippen LogP contribution in [-0.4, -0.2) is 44.7 Å². The summed E-state index contributed by atoms with van der Waals surface area (Å²) in [7, 11) is 0. The Balaban J connectivity index is 1.32. The zero-order valence-corrected chi connectivity index (χ0v) is 19.3. The molecule has 0 saturated carbocycles. The maximum Gasteiger partial charge on any atom is 0.232 e. The molecule has 0 amide bonds. The average molecular weight is 489 g/mol. The Labute approximate surface area is 199 Å². The fourth-order valence-corrected chi connectivity index (χ4v) is 5.19. The number of anilines is 1. The topological polar surface area (TPSA) is 82.0 Å². The van der Waals surface area contributed by atoms with Crippen molar-refractivity contribution in [2.75, 3.05) is 18.0 Å². The zero-order chi connectivity index (χ0) is 22.8. The third-order valence-corrected chi connectivity index (χ3v) is 6.81. The van der Waals surface area contributed by atoms with Crippen LogP contribution in [0.3, 0.4) is 0 Å². The summed E-state index contributed by atoms with van der Waals surface area (Å²) in [5.41, 5.74) is 3.17. The molecular formula is C21H22ClFN8OS. The molecule has 0 bridgehead atoms. The Bertz CT molecular complexity index is 1100. The van der Waals surface area contributed by atoms with E-state index in [4.69, 9.17) is 21.3 Å². The highest BCUT2D eigenvalue weighted by atomic mass is 35.5. The molecule has 2 aromatic heterocycles. The lowest BCUT2D eigenvalue weighted by Gasteiger charge is -2.36. The van der Waals surface area contributed by atoms with E-state index in [1.807, 2.05) is 35.7 Å². The molecule has 2 aliphatic heterocycles. The molecule has 33 heavy (non-hydrogen) atoms. The van der Waals surface area contributed by atoms with Gasteiger partial charge in [0.25, 0.3) is 0 Å². The second-order valence-electron chi connectivity index (χ2n) is 7.91. The molecule has 172 valence electrons. The Morgan fingerprint density at radius 3 is 2.73 bits per heavy atom. The van der Waals surface area contributed by atoms with E-state index in [1.165, 1.54) is 11.3 Å². The Hall–Kier alpha value is -3.02. The monoisotopic (exact) mass is 488 g/mol. The summed E-state index contributed by atoms with van der Waals surface area (Å²) in [6, 6.07) is 9.36. The highest BCUT2D eigenvalue weighted by Crippen LogP contribution is 2.37. The predicted molar refractivity (Wildman–Crippen MR) is 124 cm³/mol. The van der Waals surface area contributed by atoms with E-state index in [9.17, 15) is 4.48 Å². The number of piperidine rings is 1. The minimum Gasteiger partial charge on any atom is -0.463 e. The van der Waals surface area contributed by atoms with Crippen molar-refractivity contribution in [3.05, 3.63) is 63.8 Å². The maximum atomic E-state index is 13.5. The zero-order valence-electron chi connectivity index (χ0n) is 17.8. The van der Waals surface area contributed by atoms with E-state index in [0.717, 1.165) is 24.5 Å². The van der Waals surface area contributed by atoms with Gasteiger partial charge in [-0.15, -0.1) is 16.4 Å². The summed E-state index contributed by atoms with van der Waals surface area (Å²) in [5, 5.41) is 8.67. The van der Waals surface area contributed by atoms with Crippen molar-refractivity contribution in [1.29, 1.82) is 0 Å². The number of hydrazone groups is 1. The first-order chi connectivity index (χ1) is 16.1. The van der Waals surface area contributed by atoms with E-state index >= 15 is 0 Å². The van der Waals surface area contributed by atoms with E-state index in [1.54, 1.807) is 23.7 Å². The molecule has 3 atom stereocenters. The van der Waals surface area contributed by atoms with Gasteiger partial charge in [-0.1, -0.05) is 46.7 Å². The van der Waals surface area contributed by atoms with Crippen molar-refractivity contribution in [2.24, 2.45) is 11.0 Å². The van der Waals surface area contributed by atoms with Gasteiger partial charge in [-0.3, -0.25) is 0 Å². The standard InChI is InChI=1S/C21H22ClFN8OS/c1-14-11-29(21-24-9-15(22)10-25-21)8-7-17(14)19-27-18(12-33-19)20(30-13-26-31(23)28-30)32-16-5-3-2-4-6-16/h2-6,9-10,12-14,17,20,28H,7-8,11H2,1H3. The molecule has 2 aliphatic rings. The van der Waals surface area contributed by atoms with Gasteiger partial charge in [-0.25, -0.2) is 20.0 Å². The van der Waals surface area contributed by atoms with E-state index < -0.39 is 6.23 Å². The second-order valence-corrected chi connectivity index (χ2v) is 9.24. The molecule has 9 nitrogen and oxygen atoms in total. The minimum atomic E-state index is -0.681. The number of benzene rings is 1. The summed E-state index contributed by atoms with van der Waals surface area (Å²) in [6.07, 6.45) is 4.81. The first-order valence-corrected chi connectivity index (χ1v) is 11.8. The van der Waals surface area contributed by atoms with Crippen LogP contribution in [0.1, 0.15) is 36.2 Å². The highest BCUT2D eigenvalue weighted by molar-refractivity contribution is 7.09. The number of halogens is 2. The maximum absolute atomic E-state index is 13.5. The van der Waals surface area contributed by atoms with E-state index in [0.29, 0.717) is 34.3 Å². The molecule has 0 spiro atoms. The van der Waals surface area contributed by atoms with Gasteiger partial charge < -0.3 is 9.64 Å². The van der Waals surface area contributed by atoms with Crippen molar-refractivity contribution in [3.8, 4) is 5.75 Å².